The Morgan fingerprint density at radius 2 is 2.00 bits per heavy atom. The van der Waals surface area contributed by atoms with Crippen molar-refractivity contribution in [2.75, 3.05) is 13.2 Å². The number of nitrogens with one attached hydrogen (secondary N) is 1. The number of hydrogen-bond donors (Lipinski definition) is 1. The van der Waals surface area contributed by atoms with E-state index in [4.69, 9.17) is 4.74 Å². The fourth-order valence-corrected chi connectivity index (χ4v) is 2.43. The van der Waals surface area contributed by atoms with Gasteiger partial charge in [0.05, 0.1) is 11.0 Å². The van der Waals surface area contributed by atoms with Crippen LogP contribution in [0.5, 0.6) is 5.75 Å². The van der Waals surface area contributed by atoms with Crippen LogP contribution in [-0.4, -0.2) is 29.0 Å². The third-order valence-corrected chi connectivity index (χ3v) is 3.94. The van der Waals surface area contributed by atoms with Gasteiger partial charge in [0.15, 0.2) is 6.61 Å². The zero-order valence-electron chi connectivity index (χ0n) is 13.9. The molecule has 1 N–H and O–H groups in total. The minimum atomic E-state index is -0.0841. The first-order valence-corrected chi connectivity index (χ1v) is 8.33. The SMILES string of the molecule is CCCCC(CC)CNC(=O)COc1ccc2nccnc2c1. The van der Waals surface area contributed by atoms with Gasteiger partial charge in [-0.3, -0.25) is 14.8 Å². The molecule has 0 saturated carbocycles. The van der Waals surface area contributed by atoms with Crippen molar-refractivity contribution in [1.82, 2.24) is 15.3 Å². The molecule has 2 rings (SSSR count). The highest BCUT2D eigenvalue weighted by Gasteiger charge is 2.09. The van der Waals surface area contributed by atoms with Gasteiger partial charge in [-0.05, 0) is 24.5 Å². The summed E-state index contributed by atoms with van der Waals surface area (Å²) >= 11 is 0. The van der Waals surface area contributed by atoms with E-state index in [0.717, 1.165) is 30.4 Å². The summed E-state index contributed by atoms with van der Waals surface area (Å²) in [5.74, 6) is 1.10. The molecule has 5 heteroatoms. The Bertz CT molecular complexity index is 630. The van der Waals surface area contributed by atoms with Gasteiger partial charge in [-0.15, -0.1) is 0 Å². The summed E-state index contributed by atoms with van der Waals surface area (Å²) in [4.78, 5) is 20.3. The predicted octanol–water partition coefficient (Wildman–Crippen LogP) is 3.34. The number of carbonyl (C=O) groups is 1. The van der Waals surface area contributed by atoms with E-state index in [2.05, 4.69) is 29.1 Å². The van der Waals surface area contributed by atoms with Crippen LogP contribution in [0.1, 0.15) is 39.5 Å². The molecule has 5 nitrogen and oxygen atoms in total. The third-order valence-electron chi connectivity index (χ3n) is 3.94. The smallest absolute Gasteiger partial charge is 0.257 e. The number of aromatic nitrogens is 2. The number of benzene rings is 1. The molecular formula is C18H25N3O2. The van der Waals surface area contributed by atoms with Gasteiger partial charge in [-0.1, -0.05) is 33.1 Å². The lowest BCUT2D eigenvalue weighted by Crippen LogP contribution is -2.33. The van der Waals surface area contributed by atoms with Crippen molar-refractivity contribution in [3.63, 3.8) is 0 Å². The van der Waals surface area contributed by atoms with E-state index in [1.165, 1.54) is 12.8 Å². The quantitative estimate of drug-likeness (QED) is 0.771. The van der Waals surface area contributed by atoms with Crippen LogP contribution in [0, 0.1) is 5.92 Å². The van der Waals surface area contributed by atoms with Crippen LogP contribution < -0.4 is 10.1 Å². The molecular weight excluding hydrogens is 290 g/mol. The molecule has 0 radical (unpaired) electrons. The van der Waals surface area contributed by atoms with Crippen LogP contribution >= 0.6 is 0 Å². The number of rotatable bonds is 9. The van der Waals surface area contributed by atoms with Crippen LogP contribution in [0.3, 0.4) is 0 Å². The molecule has 1 aromatic heterocycles. The zero-order valence-corrected chi connectivity index (χ0v) is 13.9. The second-order valence-electron chi connectivity index (χ2n) is 5.72. The highest BCUT2D eigenvalue weighted by Crippen LogP contribution is 2.17. The number of nitrogens with zero attached hydrogens (tertiary/aromatic N) is 2. The highest BCUT2D eigenvalue weighted by atomic mass is 16.5. The minimum absolute atomic E-state index is 0.0238. The first kappa shape index (κ1) is 17.2. The third kappa shape index (κ3) is 5.51. The van der Waals surface area contributed by atoms with Crippen LogP contribution in [0.25, 0.3) is 11.0 Å². The van der Waals surface area contributed by atoms with Crippen LogP contribution in [0.15, 0.2) is 30.6 Å². The number of carbonyl (C=O) groups excluding carboxylic acids is 1. The summed E-state index contributed by atoms with van der Waals surface area (Å²) in [5.41, 5.74) is 1.57. The summed E-state index contributed by atoms with van der Waals surface area (Å²) in [6.07, 6.45) is 7.95. The van der Waals surface area contributed by atoms with E-state index >= 15 is 0 Å². The van der Waals surface area contributed by atoms with Crippen molar-refractivity contribution < 1.29 is 9.53 Å². The highest BCUT2D eigenvalue weighted by molar-refractivity contribution is 5.78. The Morgan fingerprint density at radius 1 is 1.22 bits per heavy atom. The Hall–Kier alpha value is -2.17. The number of amides is 1. The molecule has 1 unspecified atom stereocenters. The van der Waals surface area contributed by atoms with Crippen LogP contribution in [0.2, 0.25) is 0 Å². The molecule has 0 saturated heterocycles. The number of hydrogen-bond acceptors (Lipinski definition) is 4. The maximum atomic E-state index is 11.9. The molecule has 0 aliphatic rings. The van der Waals surface area contributed by atoms with Gasteiger partial charge < -0.3 is 10.1 Å². The number of ether oxygens (including phenoxy) is 1. The van der Waals surface area contributed by atoms with Gasteiger partial charge in [0, 0.05) is 25.0 Å². The van der Waals surface area contributed by atoms with Gasteiger partial charge in [0.25, 0.3) is 5.91 Å². The lowest BCUT2D eigenvalue weighted by Gasteiger charge is -2.15. The Kier molecular flexibility index (Phi) is 6.78. The van der Waals surface area contributed by atoms with Crippen molar-refractivity contribution in [2.45, 2.75) is 39.5 Å². The summed E-state index contributed by atoms with van der Waals surface area (Å²) in [6.45, 7) is 5.10. The molecule has 0 fully saturated rings. The molecule has 2 aromatic rings. The lowest BCUT2D eigenvalue weighted by atomic mass is 9.99. The molecule has 124 valence electrons. The zero-order chi connectivity index (χ0) is 16.5. The molecule has 1 atom stereocenters. The maximum Gasteiger partial charge on any atom is 0.257 e. The summed E-state index contributed by atoms with van der Waals surface area (Å²) in [7, 11) is 0. The molecule has 1 aromatic carbocycles. The van der Waals surface area contributed by atoms with Crippen molar-refractivity contribution >= 4 is 16.9 Å². The number of unbranched alkanes of at least 4 members (excludes halogenated alkanes) is 1. The second-order valence-corrected chi connectivity index (χ2v) is 5.72. The van der Waals surface area contributed by atoms with Crippen molar-refractivity contribution in [2.24, 2.45) is 5.92 Å². The van der Waals surface area contributed by atoms with Gasteiger partial charge in [0.2, 0.25) is 0 Å². The van der Waals surface area contributed by atoms with Gasteiger partial charge in [0.1, 0.15) is 5.75 Å². The van der Waals surface area contributed by atoms with E-state index in [1.54, 1.807) is 24.5 Å². The van der Waals surface area contributed by atoms with Crippen LogP contribution in [-0.2, 0) is 4.79 Å². The Morgan fingerprint density at radius 3 is 2.74 bits per heavy atom. The average molecular weight is 315 g/mol. The Labute approximate surface area is 137 Å². The molecule has 23 heavy (non-hydrogen) atoms. The fourth-order valence-electron chi connectivity index (χ4n) is 2.43. The molecule has 0 spiro atoms. The van der Waals surface area contributed by atoms with E-state index in [1.807, 2.05) is 6.07 Å². The van der Waals surface area contributed by atoms with Crippen LogP contribution in [0.4, 0.5) is 0 Å². The minimum Gasteiger partial charge on any atom is -0.484 e. The number of fused-ring (bicyclic) bond motifs is 1. The first-order valence-electron chi connectivity index (χ1n) is 8.33. The predicted molar refractivity (Wildman–Crippen MR) is 91.3 cm³/mol. The van der Waals surface area contributed by atoms with Crippen molar-refractivity contribution in [3.8, 4) is 5.75 Å². The summed E-state index contributed by atoms with van der Waals surface area (Å²) in [5, 5.41) is 2.96. The average Bonchev–Trinajstić information content (AvgIpc) is 2.60. The second kappa shape index (κ2) is 9.08. The summed E-state index contributed by atoms with van der Waals surface area (Å²) in [6, 6.07) is 5.44. The monoisotopic (exact) mass is 315 g/mol. The fraction of sp³-hybridized carbons (Fsp3) is 0.500. The van der Waals surface area contributed by atoms with Gasteiger partial charge >= 0.3 is 0 Å². The van der Waals surface area contributed by atoms with E-state index in [9.17, 15) is 4.79 Å². The van der Waals surface area contributed by atoms with Crippen molar-refractivity contribution in [1.29, 1.82) is 0 Å². The van der Waals surface area contributed by atoms with E-state index in [0.29, 0.717) is 11.7 Å². The van der Waals surface area contributed by atoms with E-state index < -0.39 is 0 Å². The summed E-state index contributed by atoms with van der Waals surface area (Å²) < 4.78 is 5.54. The molecule has 1 amide bonds. The maximum absolute atomic E-state index is 11.9. The largest absolute Gasteiger partial charge is 0.484 e. The normalized spacial score (nSPS) is 12.1. The molecule has 0 bridgehead atoms. The van der Waals surface area contributed by atoms with Crippen molar-refractivity contribution in [3.05, 3.63) is 30.6 Å². The Balaban J connectivity index is 1.78. The molecule has 0 aliphatic carbocycles. The van der Waals surface area contributed by atoms with Gasteiger partial charge in [-0.2, -0.15) is 0 Å². The molecule has 0 aliphatic heterocycles. The first-order chi connectivity index (χ1) is 11.2. The van der Waals surface area contributed by atoms with E-state index in [-0.39, 0.29) is 12.5 Å². The molecule has 1 heterocycles. The standard InChI is InChI=1S/C18H25N3O2/c1-3-5-6-14(4-2)12-21-18(22)13-23-15-7-8-16-17(11-15)20-10-9-19-16/h7-11,14H,3-6,12-13H2,1-2H3,(H,21,22). The van der Waals surface area contributed by atoms with Gasteiger partial charge in [-0.25, -0.2) is 0 Å². The topological polar surface area (TPSA) is 64.1 Å². The lowest BCUT2D eigenvalue weighted by molar-refractivity contribution is -0.123.